The molecule has 166 valence electrons. The molecule has 0 radical (unpaired) electrons. The zero-order valence-corrected chi connectivity index (χ0v) is 18.4. The summed E-state index contributed by atoms with van der Waals surface area (Å²) >= 11 is 0. The maximum atomic E-state index is 13.8. The zero-order valence-electron chi connectivity index (χ0n) is 18.4. The number of para-hydroxylation sites is 1. The third-order valence-corrected chi connectivity index (χ3v) is 5.24. The first-order valence-electron chi connectivity index (χ1n) is 10.5. The first kappa shape index (κ1) is 22.8. The van der Waals surface area contributed by atoms with Crippen LogP contribution in [-0.2, 0) is 27.3 Å². The number of carbonyl (C=O) groups is 2. The molecule has 0 spiro atoms. The minimum Gasteiger partial charge on any atom is -0.491 e. The number of fused-ring (bicyclic) bond motifs is 1. The second kappa shape index (κ2) is 10.9. The van der Waals surface area contributed by atoms with Crippen LogP contribution < -0.4 is 10.1 Å². The average molecular weight is 426 g/mol. The predicted molar refractivity (Wildman–Crippen MR) is 119 cm³/mol. The lowest BCUT2D eigenvalue weighted by atomic mass is 10.0. The standard InChI is InChI=1S/C24H31N3O4/c1-26(2)15-20-16-31-22-12-8-7-11-19(22)14-27(20)24(29)21(25-23(28)17-30-3)13-18-9-5-4-6-10-18/h4-12,20-21H,13-17H2,1-3H3,(H,25,28). The van der Waals surface area contributed by atoms with Crippen molar-refractivity contribution < 1.29 is 19.1 Å². The Labute approximate surface area is 183 Å². The first-order chi connectivity index (χ1) is 15.0. The molecule has 2 amide bonds. The fourth-order valence-corrected chi connectivity index (χ4v) is 3.81. The van der Waals surface area contributed by atoms with Crippen LogP contribution in [0, 0.1) is 0 Å². The summed E-state index contributed by atoms with van der Waals surface area (Å²) in [6.45, 7) is 1.39. The monoisotopic (exact) mass is 425 g/mol. The lowest BCUT2D eigenvalue weighted by Gasteiger charge is -2.34. The summed E-state index contributed by atoms with van der Waals surface area (Å²) in [4.78, 5) is 30.0. The normalized spacial score (nSPS) is 16.8. The van der Waals surface area contributed by atoms with Crippen molar-refractivity contribution in [3.05, 3.63) is 65.7 Å². The highest BCUT2D eigenvalue weighted by molar-refractivity contribution is 5.88. The molecule has 0 fully saturated rings. The number of carbonyl (C=O) groups excluding carboxylic acids is 2. The van der Waals surface area contributed by atoms with E-state index in [2.05, 4.69) is 5.32 Å². The van der Waals surface area contributed by atoms with Gasteiger partial charge < -0.3 is 24.6 Å². The molecule has 1 aliphatic rings. The molecule has 0 aromatic heterocycles. The molecular formula is C24H31N3O4. The van der Waals surface area contributed by atoms with E-state index in [0.717, 1.165) is 16.9 Å². The summed E-state index contributed by atoms with van der Waals surface area (Å²) in [6.07, 6.45) is 0.406. The summed E-state index contributed by atoms with van der Waals surface area (Å²) in [7, 11) is 5.41. The highest BCUT2D eigenvalue weighted by Crippen LogP contribution is 2.26. The number of amides is 2. The average Bonchev–Trinajstić information content (AvgIpc) is 2.93. The summed E-state index contributed by atoms with van der Waals surface area (Å²) < 4.78 is 11.0. The van der Waals surface area contributed by atoms with Crippen LogP contribution in [0.25, 0.3) is 0 Å². The van der Waals surface area contributed by atoms with Crippen molar-refractivity contribution in [3.8, 4) is 5.75 Å². The Balaban J connectivity index is 1.89. The Kier molecular flexibility index (Phi) is 8.03. The van der Waals surface area contributed by atoms with Gasteiger partial charge in [0.2, 0.25) is 11.8 Å². The zero-order chi connectivity index (χ0) is 22.2. The number of hydrogen-bond acceptors (Lipinski definition) is 5. The van der Waals surface area contributed by atoms with E-state index in [1.54, 1.807) is 0 Å². The number of methoxy groups -OCH3 is 1. The Morgan fingerprint density at radius 1 is 1.16 bits per heavy atom. The van der Waals surface area contributed by atoms with Gasteiger partial charge in [-0.2, -0.15) is 0 Å². The van der Waals surface area contributed by atoms with Crippen LogP contribution in [0.2, 0.25) is 0 Å². The molecule has 1 heterocycles. The number of hydrogen-bond donors (Lipinski definition) is 1. The molecule has 1 N–H and O–H groups in total. The van der Waals surface area contributed by atoms with Crippen LogP contribution in [0.1, 0.15) is 11.1 Å². The Hall–Kier alpha value is -2.90. The largest absolute Gasteiger partial charge is 0.491 e. The maximum Gasteiger partial charge on any atom is 0.246 e. The van der Waals surface area contributed by atoms with E-state index >= 15 is 0 Å². The molecule has 7 heteroatoms. The summed E-state index contributed by atoms with van der Waals surface area (Å²) in [5, 5.41) is 2.87. The quantitative estimate of drug-likeness (QED) is 0.697. The third-order valence-electron chi connectivity index (χ3n) is 5.24. The van der Waals surface area contributed by atoms with Crippen LogP contribution in [0.5, 0.6) is 5.75 Å². The highest BCUT2D eigenvalue weighted by atomic mass is 16.5. The van der Waals surface area contributed by atoms with E-state index in [0.29, 0.717) is 26.1 Å². The van der Waals surface area contributed by atoms with Crippen molar-refractivity contribution in [3.63, 3.8) is 0 Å². The van der Waals surface area contributed by atoms with E-state index in [-0.39, 0.29) is 24.5 Å². The third kappa shape index (κ3) is 6.29. The van der Waals surface area contributed by atoms with Gasteiger partial charge in [-0.3, -0.25) is 9.59 Å². The molecule has 2 unspecified atom stereocenters. The van der Waals surface area contributed by atoms with E-state index in [9.17, 15) is 9.59 Å². The number of nitrogens with one attached hydrogen (secondary N) is 1. The lowest BCUT2D eigenvalue weighted by Crippen LogP contribution is -2.55. The lowest BCUT2D eigenvalue weighted by molar-refractivity contribution is -0.140. The smallest absolute Gasteiger partial charge is 0.246 e. The molecule has 0 saturated heterocycles. The van der Waals surface area contributed by atoms with E-state index in [1.807, 2.05) is 78.5 Å². The van der Waals surface area contributed by atoms with Crippen LogP contribution in [0.3, 0.4) is 0 Å². The van der Waals surface area contributed by atoms with Crippen LogP contribution in [0.4, 0.5) is 0 Å². The van der Waals surface area contributed by atoms with Gasteiger partial charge in [-0.1, -0.05) is 48.5 Å². The molecule has 2 aromatic rings. The highest BCUT2D eigenvalue weighted by Gasteiger charge is 2.34. The van der Waals surface area contributed by atoms with E-state index in [1.165, 1.54) is 7.11 Å². The van der Waals surface area contributed by atoms with Gasteiger partial charge in [-0.05, 0) is 25.7 Å². The van der Waals surface area contributed by atoms with Crippen LogP contribution >= 0.6 is 0 Å². The van der Waals surface area contributed by atoms with Crippen molar-refractivity contribution in [1.29, 1.82) is 0 Å². The van der Waals surface area contributed by atoms with Crippen molar-refractivity contribution >= 4 is 11.8 Å². The maximum absolute atomic E-state index is 13.8. The second-order valence-electron chi connectivity index (χ2n) is 8.04. The molecule has 7 nitrogen and oxygen atoms in total. The van der Waals surface area contributed by atoms with Gasteiger partial charge in [-0.25, -0.2) is 0 Å². The van der Waals surface area contributed by atoms with E-state index < -0.39 is 6.04 Å². The van der Waals surface area contributed by atoms with Crippen molar-refractivity contribution in [2.75, 3.05) is 41.0 Å². The van der Waals surface area contributed by atoms with Crippen molar-refractivity contribution in [1.82, 2.24) is 15.1 Å². The number of nitrogens with zero attached hydrogens (tertiary/aromatic N) is 2. The number of ether oxygens (including phenoxy) is 2. The fraction of sp³-hybridized carbons (Fsp3) is 0.417. The van der Waals surface area contributed by atoms with Gasteiger partial charge >= 0.3 is 0 Å². The van der Waals surface area contributed by atoms with Gasteiger partial charge in [0.1, 0.15) is 25.0 Å². The molecule has 31 heavy (non-hydrogen) atoms. The first-order valence-corrected chi connectivity index (χ1v) is 10.5. The Bertz CT molecular complexity index is 872. The summed E-state index contributed by atoms with van der Waals surface area (Å²) in [6, 6.07) is 16.6. The molecule has 0 bridgehead atoms. The molecule has 0 saturated carbocycles. The predicted octanol–water partition coefficient (Wildman–Crippen LogP) is 1.71. The van der Waals surface area contributed by atoms with Crippen LogP contribution in [-0.4, -0.2) is 74.7 Å². The SMILES string of the molecule is COCC(=O)NC(Cc1ccccc1)C(=O)N1Cc2ccccc2OCC1CN(C)C. The number of rotatable bonds is 8. The van der Waals surface area contributed by atoms with Gasteiger partial charge in [0, 0.05) is 32.2 Å². The fourth-order valence-electron chi connectivity index (χ4n) is 3.81. The summed E-state index contributed by atoms with van der Waals surface area (Å²) in [5.41, 5.74) is 1.94. The molecule has 0 aliphatic carbocycles. The molecule has 1 aliphatic heterocycles. The molecule has 3 rings (SSSR count). The summed E-state index contributed by atoms with van der Waals surface area (Å²) in [5.74, 6) is 0.359. The van der Waals surface area contributed by atoms with Crippen molar-refractivity contribution in [2.45, 2.75) is 25.0 Å². The molecule has 2 aromatic carbocycles. The van der Waals surface area contributed by atoms with Crippen LogP contribution in [0.15, 0.2) is 54.6 Å². The van der Waals surface area contributed by atoms with E-state index in [4.69, 9.17) is 9.47 Å². The molecule has 2 atom stereocenters. The number of likely N-dealkylation sites (N-methyl/N-ethyl adjacent to an activating group) is 1. The Morgan fingerprint density at radius 3 is 2.58 bits per heavy atom. The van der Waals surface area contributed by atoms with Gasteiger partial charge in [0.15, 0.2) is 0 Å². The minimum atomic E-state index is -0.694. The second-order valence-corrected chi connectivity index (χ2v) is 8.04. The number of benzene rings is 2. The Morgan fingerprint density at radius 2 is 1.87 bits per heavy atom. The van der Waals surface area contributed by atoms with Gasteiger partial charge in [-0.15, -0.1) is 0 Å². The van der Waals surface area contributed by atoms with Gasteiger partial charge in [0.25, 0.3) is 0 Å². The molecular weight excluding hydrogens is 394 g/mol. The minimum absolute atomic E-state index is 0.0916. The topological polar surface area (TPSA) is 71.1 Å². The van der Waals surface area contributed by atoms with Gasteiger partial charge in [0.05, 0.1) is 6.04 Å². The van der Waals surface area contributed by atoms with Crippen molar-refractivity contribution in [2.24, 2.45) is 0 Å².